The van der Waals surface area contributed by atoms with Gasteiger partial charge in [0.25, 0.3) is 6.43 Å². The van der Waals surface area contributed by atoms with Gasteiger partial charge in [-0.1, -0.05) is 13.8 Å². The summed E-state index contributed by atoms with van der Waals surface area (Å²) in [7, 11) is 0. The highest BCUT2D eigenvalue weighted by molar-refractivity contribution is 6.06. The van der Waals surface area contributed by atoms with Crippen LogP contribution in [0.4, 0.5) is 8.78 Å². The summed E-state index contributed by atoms with van der Waals surface area (Å²) in [6.45, 7) is 4.22. The molecule has 1 fully saturated rings. The third-order valence-corrected chi connectivity index (χ3v) is 4.42. The first kappa shape index (κ1) is 17.5. The second-order valence-electron chi connectivity index (χ2n) is 5.74. The fourth-order valence-electron chi connectivity index (χ4n) is 3.07. The Kier molecular flexibility index (Phi) is 4.84. The summed E-state index contributed by atoms with van der Waals surface area (Å²) in [6.07, 6.45) is -3.04. The van der Waals surface area contributed by atoms with E-state index in [0.717, 1.165) is 11.8 Å². The van der Waals surface area contributed by atoms with E-state index in [-0.39, 0.29) is 18.6 Å². The summed E-state index contributed by atoms with van der Waals surface area (Å²) in [6, 6.07) is 0. The van der Waals surface area contributed by atoms with Gasteiger partial charge < -0.3 is 9.47 Å². The average Bonchev–Trinajstić information content (AvgIpc) is 2.73. The van der Waals surface area contributed by atoms with Crippen LogP contribution in [-0.2, 0) is 23.9 Å². The Bertz CT molecular complexity index is 550. The first-order valence-corrected chi connectivity index (χ1v) is 7.38. The lowest BCUT2D eigenvalue weighted by Gasteiger charge is -2.32. The van der Waals surface area contributed by atoms with E-state index in [0.29, 0.717) is 0 Å². The molecule has 128 valence electrons. The summed E-state index contributed by atoms with van der Waals surface area (Å²) < 4.78 is 37.9. The van der Waals surface area contributed by atoms with Gasteiger partial charge in [0.15, 0.2) is 18.1 Å². The molecule has 0 radical (unpaired) electrons. The van der Waals surface area contributed by atoms with Crippen LogP contribution in [0.25, 0.3) is 0 Å². The molecule has 4 atom stereocenters. The topological polar surface area (TPSA) is 72.9 Å². The number of amides is 1. The maximum absolute atomic E-state index is 13.6. The number of ether oxygens (including phenoxy) is 2. The van der Waals surface area contributed by atoms with Gasteiger partial charge in [-0.2, -0.15) is 0 Å². The molecule has 0 bridgehead atoms. The number of rotatable bonds is 4. The molecule has 0 aromatic carbocycles. The third-order valence-electron chi connectivity index (χ3n) is 4.42. The molecule has 8 heteroatoms. The zero-order valence-electron chi connectivity index (χ0n) is 13.1. The summed E-state index contributed by atoms with van der Waals surface area (Å²) in [5.41, 5.74) is -1.82. The van der Waals surface area contributed by atoms with Crippen LogP contribution in [0.5, 0.6) is 0 Å². The van der Waals surface area contributed by atoms with Gasteiger partial charge in [-0.25, -0.2) is 8.78 Å². The molecule has 2 aliphatic heterocycles. The first-order chi connectivity index (χ1) is 10.7. The van der Waals surface area contributed by atoms with Crippen LogP contribution >= 0.6 is 0 Å². The van der Waals surface area contributed by atoms with Crippen molar-refractivity contribution in [3.8, 4) is 0 Å². The van der Waals surface area contributed by atoms with Gasteiger partial charge in [0.1, 0.15) is 5.60 Å². The van der Waals surface area contributed by atoms with E-state index in [9.17, 15) is 23.2 Å². The zero-order valence-corrected chi connectivity index (χ0v) is 13.1. The minimum absolute atomic E-state index is 0.00915. The second-order valence-corrected chi connectivity index (χ2v) is 5.74. The van der Waals surface area contributed by atoms with E-state index in [1.54, 1.807) is 6.92 Å². The quantitative estimate of drug-likeness (QED) is 0.578. The van der Waals surface area contributed by atoms with Crippen molar-refractivity contribution in [3.05, 3.63) is 12.3 Å². The standard InChI is InChI=1S/C15H19F2NO5/c1-4-15(14(16)17)8(2)12(22-9(3)19)13(23-15)18-6-5-10(20)7-11(18)21/h5-6,8,12-14H,4,7H2,1-3H3/t8-,12-,13+,15+/m0/s1. The summed E-state index contributed by atoms with van der Waals surface area (Å²) in [4.78, 5) is 35.7. The van der Waals surface area contributed by atoms with Gasteiger partial charge in [0.2, 0.25) is 5.91 Å². The maximum atomic E-state index is 13.6. The Hall–Kier alpha value is -1.83. The van der Waals surface area contributed by atoms with Gasteiger partial charge in [0.05, 0.1) is 6.42 Å². The lowest BCUT2D eigenvalue weighted by molar-refractivity contribution is -0.184. The van der Waals surface area contributed by atoms with Crippen molar-refractivity contribution in [2.75, 3.05) is 0 Å². The van der Waals surface area contributed by atoms with Crippen molar-refractivity contribution < 1.29 is 32.6 Å². The minimum Gasteiger partial charge on any atom is -0.457 e. The number of allylic oxidation sites excluding steroid dienone is 1. The Morgan fingerprint density at radius 1 is 1.52 bits per heavy atom. The molecule has 0 spiro atoms. The van der Waals surface area contributed by atoms with Crippen molar-refractivity contribution in [1.29, 1.82) is 0 Å². The van der Waals surface area contributed by atoms with E-state index in [1.807, 2.05) is 0 Å². The fraction of sp³-hybridized carbons (Fsp3) is 0.667. The number of carbonyl (C=O) groups excluding carboxylic acids is 3. The molecule has 0 unspecified atom stereocenters. The predicted octanol–water partition coefficient (Wildman–Crippen LogP) is 1.64. The largest absolute Gasteiger partial charge is 0.457 e. The molecular weight excluding hydrogens is 312 g/mol. The van der Waals surface area contributed by atoms with E-state index < -0.39 is 42.2 Å². The van der Waals surface area contributed by atoms with Gasteiger partial charge >= 0.3 is 5.97 Å². The van der Waals surface area contributed by atoms with Crippen LogP contribution in [0.2, 0.25) is 0 Å². The molecule has 2 heterocycles. The van der Waals surface area contributed by atoms with Crippen LogP contribution in [0, 0.1) is 5.92 Å². The van der Waals surface area contributed by atoms with Crippen LogP contribution in [0.3, 0.4) is 0 Å². The number of alkyl halides is 2. The van der Waals surface area contributed by atoms with Crippen LogP contribution in [-0.4, -0.2) is 46.9 Å². The molecule has 1 saturated heterocycles. The number of hydrogen-bond donors (Lipinski definition) is 0. The molecule has 2 rings (SSSR count). The average molecular weight is 331 g/mol. The van der Waals surface area contributed by atoms with Gasteiger partial charge in [-0.15, -0.1) is 0 Å². The number of nitrogens with zero attached hydrogens (tertiary/aromatic N) is 1. The molecule has 0 aromatic rings. The molecular formula is C15H19F2NO5. The summed E-state index contributed by atoms with van der Waals surface area (Å²) in [5.74, 6) is -2.42. The van der Waals surface area contributed by atoms with Gasteiger partial charge in [-0.05, 0) is 12.5 Å². The van der Waals surface area contributed by atoms with Gasteiger partial charge in [0, 0.05) is 19.0 Å². The Morgan fingerprint density at radius 2 is 2.17 bits per heavy atom. The van der Waals surface area contributed by atoms with Crippen molar-refractivity contribution in [1.82, 2.24) is 4.90 Å². The highest BCUT2D eigenvalue weighted by atomic mass is 19.3. The Morgan fingerprint density at radius 3 is 2.65 bits per heavy atom. The lowest BCUT2D eigenvalue weighted by Crippen LogP contribution is -2.46. The molecule has 0 N–H and O–H groups in total. The molecule has 0 aromatic heterocycles. The molecule has 0 saturated carbocycles. The molecule has 1 amide bonds. The lowest BCUT2D eigenvalue weighted by atomic mass is 9.85. The minimum atomic E-state index is -2.81. The summed E-state index contributed by atoms with van der Waals surface area (Å²) >= 11 is 0. The normalized spacial score (nSPS) is 34.3. The van der Waals surface area contributed by atoms with Crippen LogP contribution in [0.1, 0.15) is 33.6 Å². The van der Waals surface area contributed by atoms with E-state index in [2.05, 4.69) is 0 Å². The second kappa shape index (κ2) is 6.35. The smallest absolute Gasteiger partial charge is 0.303 e. The fourth-order valence-corrected chi connectivity index (χ4v) is 3.07. The SMILES string of the molecule is CC[C@@]1(C(F)F)O[C@@H](N2C=CC(=O)CC2=O)[C@@H](OC(C)=O)[C@@H]1C. The number of carbonyl (C=O) groups is 3. The number of esters is 1. The molecule has 23 heavy (non-hydrogen) atoms. The Labute approximate surface area is 132 Å². The van der Waals surface area contributed by atoms with Crippen LogP contribution in [0.15, 0.2) is 12.3 Å². The van der Waals surface area contributed by atoms with Gasteiger partial charge in [-0.3, -0.25) is 19.3 Å². The van der Waals surface area contributed by atoms with E-state index in [4.69, 9.17) is 9.47 Å². The molecule has 0 aliphatic carbocycles. The van der Waals surface area contributed by atoms with Crippen molar-refractivity contribution >= 4 is 17.7 Å². The highest BCUT2D eigenvalue weighted by Gasteiger charge is 2.60. The number of halogens is 2. The van der Waals surface area contributed by atoms with Crippen molar-refractivity contribution in [3.63, 3.8) is 0 Å². The number of hydrogen-bond acceptors (Lipinski definition) is 5. The zero-order chi connectivity index (χ0) is 17.4. The van der Waals surface area contributed by atoms with E-state index in [1.165, 1.54) is 19.2 Å². The maximum Gasteiger partial charge on any atom is 0.303 e. The van der Waals surface area contributed by atoms with E-state index >= 15 is 0 Å². The molecule has 2 aliphatic rings. The Balaban J connectivity index is 2.39. The first-order valence-electron chi connectivity index (χ1n) is 7.38. The van der Waals surface area contributed by atoms with Crippen molar-refractivity contribution in [2.24, 2.45) is 5.92 Å². The summed E-state index contributed by atoms with van der Waals surface area (Å²) in [5, 5.41) is 0. The highest BCUT2D eigenvalue weighted by Crippen LogP contribution is 2.45. The van der Waals surface area contributed by atoms with Crippen LogP contribution < -0.4 is 0 Å². The third kappa shape index (κ3) is 2.99. The number of ketones is 1. The molecule has 6 nitrogen and oxygen atoms in total. The van der Waals surface area contributed by atoms with Crippen molar-refractivity contribution in [2.45, 2.75) is 58.0 Å². The monoisotopic (exact) mass is 331 g/mol. The predicted molar refractivity (Wildman–Crippen MR) is 74.2 cm³/mol.